The number of carbonyl (C=O) groups excluding carboxylic acids is 1. The van der Waals surface area contributed by atoms with Gasteiger partial charge in [-0.2, -0.15) is 4.98 Å². The summed E-state index contributed by atoms with van der Waals surface area (Å²) in [6, 6.07) is 7.01. The Labute approximate surface area is 169 Å². The molecule has 2 saturated heterocycles. The lowest BCUT2D eigenvalue weighted by Crippen LogP contribution is -2.41. The SMILES string of the molecule is CCS(=O)(=O)N1C[C@@H]2CN(C(=O)c3cccc(OC)c3)C[C@]2(c2nc(C)no2)C1. The first kappa shape index (κ1) is 19.8. The lowest BCUT2D eigenvalue weighted by atomic mass is 9.81. The number of methoxy groups -OCH3 is 1. The van der Waals surface area contributed by atoms with Crippen molar-refractivity contribution in [3.8, 4) is 5.75 Å². The van der Waals surface area contributed by atoms with Crippen LogP contribution in [-0.2, 0) is 15.4 Å². The van der Waals surface area contributed by atoms with Crippen LogP contribution in [0.1, 0.15) is 29.0 Å². The molecule has 0 radical (unpaired) electrons. The molecule has 29 heavy (non-hydrogen) atoms. The van der Waals surface area contributed by atoms with E-state index in [4.69, 9.17) is 9.26 Å². The third-order valence-electron chi connectivity index (χ3n) is 5.89. The van der Waals surface area contributed by atoms with Crippen molar-refractivity contribution in [1.82, 2.24) is 19.3 Å². The van der Waals surface area contributed by atoms with E-state index >= 15 is 0 Å². The number of benzene rings is 1. The van der Waals surface area contributed by atoms with Crippen LogP contribution in [0.3, 0.4) is 0 Å². The average molecular weight is 420 g/mol. The van der Waals surface area contributed by atoms with Crippen LogP contribution >= 0.6 is 0 Å². The van der Waals surface area contributed by atoms with E-state index < -0.39 is 15.4 Å². The second kappa shape index (κ2) is 7.10. The Kier molecular flexibility index (Phi) is 4.86. The number of aromatic nitrogens is 2. The minimum Gasteiger partial charge on any atom is -0.497 e. The van der Waals surface area contributed by atoms with Crippen LogP contribution in [-0.4, -0.2) is 72.7 Å². The standard InChI is InChI=1S/C19H24N4O5S/c1-4-29(25,26)23-10-15-9-22(17(24)14-6-5-7-16(8-14)27-3)11-19(15,12-23)18-20-13(2)21-28-18/h5-8,15H,4,9-12H2,1-3H3/t15-,19-/m0/s1. The van der Waals surface area contributed by atoms with Gasteiger partial charge in [-0.25, -0.2) is 12.7 Å². The summed E-state index contributed by atoms with van der Waals surface area (Å²) in [5, 5.41) is 3.90. The molecule has 156 valence electrons. The first-order chi connectivity index (χ1) is 13.8. The Balaban J connectivity index is 1.66. The molecule has 2 aliphatic heterocycles. The summed E-state index contributed by atoms with van der Waals surface area (Å²) in [4.78, 5) is 19.3. The number of carbonyl (C=O) groups is 1. The van der Waals surface area contributed by atoms with Gasteiger partial charge in [0.05, 0.1) is 18.3 Å². The van der Waals surface area contributed by atoms with Crippen molar-refractivity contribution in [2.45, 2.75) is 19.3 Å². The zero-order valence-electron chi connectivity index (χ0n) is 16.7. The minimum absolute atomic E-state index is 0.0329. The molecular weight excluding hydrogens is 396 g/mol. The van der Waals surface area contributed by atoms with Crippen molar-refractivity contribution in [2.24, 2.45) is 5.92 Å². The molecule has 3 heterocycles. The van der Waals surface area contributed by atoms with Gasteiger partial charge in [0.2, 0.25) is 15.9 Å². The fourth-order valence-corrected chi connectivity index (χ4v) is 5.51. The van der Waals surface area contributed by atoms with Gasteiger partial charge in [0.15, 0.2) is 5.82 Å². The second-order valence-corrected chi connectivity index (χ2v) is 9.87. The van der Waals surface area contributed by atoms with Gasteiger partial charge in [-0.15, -0.1) is 0 Å². The molecule has 1 amide bonds. The maximum absolute atomic E-state index is 13.1. The number of amides is 1. The molecule has 2 aromatic rings. The maximum Gasteiger partial charge on any atom is 0.254 e. The van der Waals surface area contributed by atoms with Crippen LogP contribution in [0.4, 0.5) is 0 Å². The van der Waals surface area contributed by atoms with E-state index in [1.54, 1.807) is 50.1 Å². The highest BCUT2D eigenvalue weighted by molar-refractivity contribution is 7.89. The summed E-state index contributed by atoms with van der Waals surface area (Å²) in [6.07, 6.45) is 0. The molecular formula is C19H24N4O5S. The van der Waals surface area contributed by atoms with Gasteiger partial charge in [0, 0.05) is 37.7 Å². The molecule has 10 heteroatoms. The molecule has 0 N–H and O–H groups in total. The van der Waals surface area contributed by atoms with E-state index in [2.05, 4.69) is 10.1 Å². The molecule has 2 fully saturated rings. The molecule has 0 unspecified atom stereocenters. The monoisotopic (exact) mass is 420 g/mol. The summed E-state index contributed by atoms with van der Waals surface area (Å²) in [5.41, 5.74) is -0.169. The lowest BCUT2D eigenvalue weighted by molar-refractivity contribution is 0.0772. The van der Waals surface area contributed by atoms with Gasteiger partial charge in [-0.05, 0) is 32.0 Å². The molecule has 1 aromatic heterocycles. The molecule has 0 bridgehead atoms. The number of hydrogen-bond donors (Lipinski definition) is 0. The zero-order valence-corrected chi connectivity index (χ0v) is 17.5. The molecule has 9 nitrogen and oxygen atoms in total. The summed E-state index contributed by atoms with van der Waals surface area (Å²) >= 11 is 0. The Bertz CT molecular complexity index is 1040. The third kappa shape index (κ3) is 3.29. The zero-order chi connectivity index (χ0) is 20.8. The summed E-state index contributed by atoms with van der Waals surface area (Å²) in [6.45, 7) is 4.67. The van der Waals surface area contributed by atoms with Crippen LogP contribution in [0.15, 0.2) is 28.8 Å². The Morgan fingerprint density at radius 2 is 2.14 bits per heavy atom. The van der Waals surface area contributed by atoms with Crippen molar-refractivity contribution < 1.29 is 22.5 Å². The predicted molar refractivity (Wildman–Crippen MR) is 104 cm³/mol. The minimum atomic E-state index is -3.35. The quantitative estimate of drug-likeness (QED) is 0.712. The third-order valence-corrected chi connectivity index (χ3v) is 7.69. The van der Waals surface area contributed by atoms with Crippen LogP contribution in [0.25, 0.3) is 0 Å². The van der Waals surface area contributed by atoms with Gasteiger partial charge in [-0.1, -0.05) is 11.2 Å². The van der Waals surface area contributed by atoms with Crippen LogP contribution in [0, 0.1) is 12.8 Å². The number of rotatable bonds is 5. The van der Waals surface area contributed by atoms with Gasteiger partial charge in [0.1, 0.15) is 5.75 Å². The van der Waals surface area contributed by atoms with E-state index in [1.165, 1.54) is 4.31 Å². The number of likely N-dealkylation sites (tertiary alicyclic amines) is 1. The smallest absolute Gasteiger partial charge is 0.254 e. The number of nitrogens with zero attached hydrogens (tertiary/aromatic N) is 4. The Hall–Kier alpha value is -2.46. The molecule has 1 aromatic carbocycles. The van der Waals surface area contributed by atoms with Crippen molar-refractivity contribution in [3.05, 3.63) is 41.5 Å². The number of fused-ring (bicyclic) bond motifs is 1. The number of ether oxygens (including phenoxy) is 1. The van der Waals surface area contributed by atoms with Gasteiger partial charge in [0.25, 0.3) is 5.91 Å². The van der Waals surface area contributed by atoms with E-state index in [-0.39, 0.29) is 24.1 Å². The van der Waals surface area contributed by atoms with Crippen molar-refractivity contribution in [3.63, 3.8) is 0 Å². The Morgan fingerprint density at radius 1 is 1.34 bits per heavy atom. The molecule has 2 atom stereocenters. The highest BCUT2D eigenvalue weighted by Crippen LogP contribution is 2.45. The van der Waals surface area contributed by atoms with Crippen molar-refractivity contribution in [1.29, 1.82) is 0 Å². The van der Waals surface area contributed by atoms with Crippen LogP contribution in [0.5, 0.6) is 5.75 Å². The highest BCUT2D eigenvalue weighted by Gasteiger charge is 2.59. The molecule has 2 aliphatic rings. The Morgan fingerprint density at radius 3 is 2.79 bits per heavy atom. The number of aryl methyl sites for hydroxylation is 1. The van der Waals surface area contributed by atoms with Crippen LogP contribution in [0.2, 0.25) is 0 Å². The van der Waals surface area contributed by atoms with Crippen LogP contribution < -0.4 is 4.74 Å². The summed E-state index contributed by atoms with van der Waals surface area (Å²) in [7, 11) is -1.80. The molecule has 0 aliphatic carbocycles. The lowest BCUT2D eigenvalue weighted by Gasteiger charge is -2.25. The number of sulfonamides is 1. The van der Waals surface area contributed by atoms with E-state index in [0.29, 0.717) is 42.7 Å². The van der Waals surface area contributed by atoms with Gasteiger partial charge < -0.3 is 14.2 Å². The topological polar surface area (TPSA) is 106 Å². The second-order valence-electron chi connectivity index (χ2n) is 7.61. The molecule has 0 saturated carbocycles. The van der Waals surface area contributed by atoms with Crippen molar-refractivity contribution in [2.75, 3.05) is 39.0 Å². The molecule has 0 spiro atoms. The average Bonchev–Trinajstić information content (AvgIpc) is 3.40. The summed E-state index contributed by atoms with van der Waals surface area (Å²) < 4.78 is 37.2. The first-order valence-electron chi connectivity index (χ1n) is 9.51. The van der Waals surface area contributed by atoms with Crippen molar-refractivity contribution >= 4 is 15.9 Å². The van der Waals surface area contributed by atoms with E-state index in [0.717, 1.165) is 0 Å². The van der Waals surface area contributed by atoms with E-state index in [1.807, 2.05) is 0 Å². The predicted octanol–water partition coefficient (Wildman–Crippen LogP) is 1.06. The summed E-state index contributed by atoms with van der Waals surface area (Å²) in [5.74, 6) is 1.29. The highest BCUT2D eigenvalue weighted by atomic mass is 32.2. The normalized spacial score (nSPS) is 24.7. The first-order valence-corrected chi connectivity index (χ1v) is 11.1. The fraction of sp³-hybridized carbons (Fsp3) is 0.526. The van der Waals surface area contributed by atoms with Gasteiger partial charge >= 0.3 is 0 Å². The fourth-order valence-electron chi connectivity index (χ4n) is 4.31. The molecule has 4 rings (SSSR count). The van der Waals surface area contributed by atoms with E-state index in [9.17, 15) is 13.2 Å². The number of hydrogen-bond acceptors (Lipinski definition) is 7. The maximum atomic E-state index is 13.1. The van der Waals surface area contributed by atoms with Gasteiger partial charge in [-0.3, -0.25) is 4.79 Å². The largest absolute Gasteiger partial charge is 0.497 e.